The summed E-state index contributed by atoms with van der Waals surface area (Å²) >= 11 is 6.42. The highest BCUT2D eigenvalue weighted by Gasteiger charge is 2.60. The van der Waals surface area contributed by atoms with Crippen LogP contribution in [0.5, 0.6) is 0 Å². The molecule has 1 saturated heterocycles. The van der Waals surface area contributed by atoms with Crippen LogP contribution in [-0.2, 0) is 21.1 Å². The molecule has 3 fully saturated rings. The van der Waals surface area contributed by atoms with Crippen LogP contribution in [0.4, 0.5) is 18.9 Å². The summed E-state index contributed by atoms with van der Waals surface area (Å²) in [7, 11) is -3.96. The molecule has 6 nitrogen and oxygen atoms in total. The third-order valence-electron chi connectivity index (χ3n) is 9.25. The Balaban J connectivity index is 1.26. The summed E-state index contributed by atoms with van der Waals surface area (Å²) in [4.78, 5) is 15.1. The van der Waals surface area contributed by atoms with Crippen molar-refractivity contribution in [3.63, 3.8) is 0 Å². The van der Waals surface area contributed by atoms with E-state index in [1.807, 2.05) is 18.2 Å². The van der Waals surface area contributed by atoms with Crippen molar-refractivity contribution >= 4 is 33.0 Å². The van der Waals surface area contributed by atoms with E-state index in [-0.39, 0.29) is 44.6 Å². The Bertz CT molecular complexity index is 1600. The standard InChI is InChI=1S/C31H30ClF3N2O4S/c1-18-31(37(17-41-18)16-19-5-3-2-4-6-19)14-21-7-8-22(15-31)29(21)42(39,40)27-11-20(9-10-24(27)32)30(38)36-23-12-25(33)28(35)26(34)13-23/h2-6,9-13,18,21-22,29H,7-8,14-17H2,1H3,(H,36,38)/t18?,21-,22?,29?,31?/m1/s1. The van der Waals surface area contributed by atoms with E-state index in [2.05, 4.69) is 29.3 Å². The van der Waals surface area contributed by atoms with Gasteiger partial charge in [-0.15, -0.1) is 0 Å². The lowest BCUT2D eigenvalue weighted by molar-refractivity contribution is 0.0421. The molecule has 0 aromatic heterocycles. The van der Waals surface area contributed by atoms with Crippen molar-refractivity contribution in [2.75, 3.05) is 12.0 Å². The van der Waals surface area contributed by atoms with E-state index >= 15 is 0 Å². The van der Waals surface area contributed by atoms with Crippen LogP contribution in [0.15, 0.2) is 65.6 Å². The molecule has 2 bridgehead atoms. The molecule has 42 heavy (non-hydrogen) atoms. The van der Waals surface area contributed by atoms with E-state index < -0.39 is 38.4 Å². The van der Waals surface area contributed by atoms with Gasteiger partial charge in [-0.2, -0.15) is 0 Å². The fourth-order valence-corrected chi connectivity index (χ4v) is 10.1. The van der Waals surface area contributed by atoms with E-state index in [0.717, 1.165) is 12.8 Å². The number of benzene rings is 3. The van der Waals surface area contributed by atoms with Gasteiger partial charge in [-0.25, -0.2) is 21.6 Å². The molecule has 0 radical (unpaired) electrons. The van der Waals surface area contributed by atoms with Gasteiger partial charge in [0.15, 0.2) is 27.3 Å². The smallest absolute Gasteiger partial charge is 0.255 e. The van der Waals surface area contributed by atoms with Gasteiger partial charge in [-0.3, -0.25) is 9.69 Å². The van der Waals surface area contributed by atoms with Crippen molar-refractivity contribution in [3.8, 4) is 0 Å². The Kier molecular flexibility index (Phi) is 7.62. The SMILES string of the molecule is CC1OCN(Cc2ccccc2)C12CC1CC[C@H](C2)C1S(=O)(=O)c1cc(C(=O)Nc2cc(F)c(F)c(F)c2)ccc1Cl. The number of fused-ring (bicyclic) bond motifs is 2. The first kappa shape index (κ1) is 29.2. The highest BCUT2D eigenvalue weighted by molar-refractivity contribution is 7.92. The lowest BCUT2D eigenvalue weighted by Crippen LogP contribution is -2.56. The van der Waals surface area contributed by atoms with Crippen LogP contribution in [0.1, 0.15) is 48.5 Å². The minimum absolute atomic E-state index is 0.00613. The normalized spacial score (nSPS) is 27.5. The summed E-state index contributed by atoms with van der Waals surface area (Å²) < 4.78 is 75.1. The van der Waals surface area contributed by atoms with Crippen LogP contribution < -0.4 is 5.32 Å². The molecule has 4 unspecified atom stereocenters. The van der Waals surface area contributed by atoms with Crippen molar-refractivity contribution in [1.82, 2.24) is 4.90 Å². The minimum atomic E-state index is -3.96. The topological polar surface area (TPSA) is 75.7 Å². The highest BCUT2D eigenvalue weighted by Crippen LogP contribution is 2.56. The van der Waals surface area contributed by atoms with Crippen molar-refractivity contribution < 1.29 is 31.1 Å². The Morgan fingerprint density at radius 3 is 2.31 bits per heavy atom. The highest BCUT2D eigenvalue weighted by atomic mass is 35.5. The molecule has 222 valence electrons. The maximum Gasteiger partial charge on any atom is 0.255 e. The van der Waals surface area contributed by atoms with Gasteiger partial charge in [0.05, 0.1) is 26.8 Å². The molecule has 1 heterocycles. The third kappa shape index (κ3) is 5.02. The minimum Gasteiger partial charge on any atom is -0.361 e. The maximum atomic E-state index is 14.2. The van der Waals surface area contributed by atoms with Gasteiger partial charge in [-0.05, 0) is 68.2 Å². The van der Waals surface area contributed by atoms with E-state index in [4.69, 9.17) is 16.3 Å². The number of rotatable bonds is 6. The zero-order chi connectivity index (χ0) is 29.8. The molecule has 5 atom stereocenters. The zero-order valence-corrected chi connectivity index (χ0v) is 24.4. The number of halogens is 4. The van der Waals surface area contributed by atoms with E-state index in [0.29, 0.717) is 38.2 Å². The van der Waals surface area contributed by atoms with Crippen LogP contribution in [0, 0.1) is 29.3 Å². The quantitative estimate of drug-likeness (QED) is 0.316. The Hall–Kier alpha value is -2.92. The second kappa shape index (κ2) is 11.0. The summed E-state index contributed by atoms with van der Waals surface area (Å²) in [5.74, 6) is -5.62. The van der Waals surface area contributed by atoms with Crippen LogP contribution in [0.2, 0.25) is 5.02 Å². The molecule has 11 heteroatoms. The zero-order valence-electron chi connectivity index (χ0n) is 22.8. The first-order valence-corrected chi connectivity index (χ1v) is 15.8. The van der Waals surface area contributed by atoms with Crippen LogP contribution in [-0.4, -0.2) is 42.8 Å². The number of ether oxygens (including phenoxy) is 1. The molecule has 1 spiro atoms. The van der Waals surface area contributed by atoms with E-state index in [1.54, 1.807) is 0 Å². The predicted molar refractivity (Wildman–Crippen MR) is 152 cm³/mol. The third-order valence-corrected chi connectivity index (χ3v) is 12.1. The number of hydrogen-bond donors (Lipinski definition) is 1. The molecule has 2 saturated carbocycles. The molecular weight excluding hydrogens is 589 g/mol. The number of nitrogens with zero attached hydrogens (tertiary/aromatic N) is 1. The number of nitrogens with one attached hydrogen (secondary N) is 1. The number of anilines is 1. The lowest BCUT2D eigenvalue weighted by Gasteiger charge is -2.48. The molecule has 3 aromatic rings. The Morgan fingerprint density at radius 1 is 1.02 bits per heavy atom. The second-order valence-corrected chi connectivity index (χ2v) is 14.1. The number of sulfone groups is 1. The van der Waals surface area contributed by atoms with Crippen molar-refractivity contribution in [2.45, 2.75) is 60.9 Å². The van der Waals surface area contributed by atoms with Crippen molar-refractivity contribution in [3.05, 3.63) is 94.3 Å². The summed E-state index contributed by atoms with van der Waals surface area (Å²) in [5.41, 5.74) is 0.525. The average molecular weight is 619 g/mol. The first-order chi connectivity index (χ1) is 20.0. The summed E-state index contributed by atoms with van der Waals surface area (Å²) in [6, 6.07) is 15.3. The van der Waals surface area contributed by atoms with Gasteiger partial charge in [0.1, 0.15) is 6.73 Å². The Morgan fingerprint density at radius 2 is 1.67 bits per heavy atom. The number of hydrogen-bond acceptors (Lipinski definition) is 5. The molecule has 6 rings (SSSR count). The molecule has 3 aromatic carbocycles. The van der Waals surface area contributed by atoms with E-state index in [9.17, 15) is 26.4 Å². The predicted octanol–water partition coefficient (Wildman–Crippen LogP) is 6.59. The molecule has 3 aliphatic rings. The molecule has 2 aliphatic carbocycles. The van der Waals surface area contributed by atoms with Gasteiger partial charge in [0.2, 0.25) is 0 Å². The second-order valence-electron chi connectivity index (χ2n) is 11.6. The number of carbonyl (C=O) groups excluding carboxylic acids is 1. The monoisotopic (exact) mass is 618 g/mol. The van der Waals surface area contributed by atoms with Crippen LogP contribution in [0.25, 0.3) is 0 Å². The van der Waals surface area contributed by atoms with Gasteiger partial charge < -0.3 is 10.1 Å². The number of amides is 1. The summed E-state index contributed by atoms with van der Waals surface area (Å²) in [6.07, 6.45) is 2.82. The lowest BCUT2D eigenvalue weighted by atomic mass is 9.71. The van der Waals surface area contributed by atoms with Gasteiger partial charge in [-0.1, -0.05) is 41.9 Å². The van der Waals surface area contributed by atoms with Crippen LogP contribution >= 0.6 is 11.6 Å². The first-order valence-electron chi connectivity index (χ1n) is 13.9. The van der Waals surface area contributed by atoms with Gasteiger partial charge in [0, 0.05) is 29.9 Å². The van der Waals surface area contributed by atoms with Gasteiger partial charge in [0.25, 0.3) is 5.91 Å². The molecule has 1 N–H and O–H groups in total. The Labute approximate surface area is 247 Å². The fourth-order valence-electron chi connectivity index (χ4n) is 7.26. The largest absolute Gasteiger partial charge is 0.361 e. The van der Waals surface area contributed by atoms with Gasteiger partial charge >= 0.3 is 0 Å². The molecule has 1 amide bonds. The maximum absolute atomic E-state index is 14.2. The summed E-state index contributed by atoms with van der Waals surface area (Å²) in [5, 5.41) is 1.63. The van der Waals surface area contributed by atoms with Crippen LogP contribution in [0.3, 0.4) is 0 Å². The molecular formula is C31H30ClF3N2O4S. The van der Waals surface area contributed by atoms with Crippen molar-refractivity contribution in [2.24, 2.45) is 11.8 Å². The molecule has 1 aliphatic heterocycles. The fraction of sp³-hybridized carbons (Fsp3) is 0.387. The summed E-state index contributed by atoms with van der Waals surface area (Å²) in [6.45, 7) is 3.27. The van der Waals surface area contributed by atoms with E-state index in [1.165, 1.54) is 23.8 Å². The van der Waals surface area contributed by atoms with Crippen molar-refractivity contribution in [1.29, 1.82) is 0 Å². The number of carbonyl (C=O) groups is 1. The average Bonchev–Trinajstić information content (AvgIpc) is 3.41.